The third-order valence-electron chi connectivity index (χ3n) is 9.54. The smallest absolute Gasteiger partial charge is 0.243 e. The van der Waals surface area contributed by atoms with E-state index >= 15 is 0 Å². The topological polar surface area (TPSA) is 219 Å². The van der Waals surface area contributed by atoms with E-state index in [9.17, 15) is 33.6 Å². The molecule has 15 nitrogen and oxygen atoms in total. The lowest BCUT2D eigenvalue weighted by atomic mass is 9.99. The van der Waals surface area contributed by atoms with Crippen LogP contribution in [0.5, 0.6) is 0 Å². The van der Waals surface area contributed by atoms with Crippen molar-refractivity contribution in [1.82, 2.24) is 42.2 Å². The van der Waals surface area contributed by atoms with E-state index in [-0.39, 0.29) is 32.2 Å². The number of carbonyl (C=O) groups is 7. The zero-order chi connectivity index (χ0) is 40.2. The average molecular weight is 759 g/mol. The summed E-state index contributed by atoms with van der Waals surface area (Å²) in [5, 5.41) is 20.0. The third-order valence-corrected chi connectivity index (χ3v) is 9.54. The third kappa shape index (κ3) is 11.9. The molecule has 2 heterocycles. The summed E-state index contributed by atoms with van der Waals surface area (Å²) in [6, 6.07) is 10.1. The van der Waals surface area contributed by atoms with Crippen molar-refractivity contribution in [3.8, 4) is 0 Å². The van der Waals surface area contributed by atoms with Crippen LogP contribution in [0.25, 0.3) is 10.9 Å². The van der Waals surface area contributed by atoms with Crippen LogP contribution in [-0.4, -0.2) is 89.1 Å². The van der Waals surface area contributed by atoms with Gasteiger partial charge in [-0.25, -0.2) is 0 Å². The Labute approximate surface area is 321 Å². The Bertz CT molecular complexity index is 1840. The normalized spacial score (nSPS) is 24.6. The summed E-state index contributed by atoms with van der Waals surface area (Å²) in [4.78, 5) is 97.6. The molecule has 55 heavy (non-hydrogen) atoms. The van der Waals surface area contributed by atoms with Crippen molar-refractivity contribution < 1.29 is 33.6 Å². The van der Waals surface area contributed by atoms with E-state index in [4.69, 9.17) is 0 Å². The second-order valence-electron chi connectivity index (χ2n) is 14.8. The fourth-order valence-electron chi connectivity index (χ4n) is 6.28. The van der Waals surface area contributed by atoms with Gasteiger partial charge in [0.2, 0.25) is 41.4 Å². The summed E-state index contributed by atoms with van der Waals surface area (Å²) in [5.74, 6) is -4.87. The van der Waals surface area contributed by atoms with Gasteiger partial charge in [-0.3, -0.25) is 33.6 Å². The molecule has 1 fully saturated rings. The molecule has 0 unspecified atom stereocenters. The fraction of sp³-hybridized carbons (Fsp3) is 0.475. The van der Waals surface area contributed by atoms with Crippen molar-refractivity contribution >= 4 is 52.3 Å². The van der Waals surface area contributed by atoms with E-state index in [2.05, 4.69) is 42.2 Å². The van der Waals surface area contributed by atoms with Gasteiger partial charge in [-0.2, -0.15) is 0 Å². The Balaban J connectivity index is 1.63. The van der Waals surface area contributed by atoms with Crippen LogP contribution in [0.3, 0.4) is 0 Å². The van der Waals surface area contributed by atoms with Crippen molar-refractivity contribution in [1.29, 1.82) is 0 Å². The highest BCUT2D eigenvalue weighted by Crippen LogP contribution is 2.19. The van der Waals surface area contributed by atoms with Gasteiger partial charge in [0.25, 0.3) is 0 Å². The summed E-state index contributed by atoms with van der Waals surface area (Å²) in [5.41, 5.74) is 2.39. The Morgan fingerprint density at radius 2 is 1.13 bits per heavy atom. The molecule has 4 rings (SSSR count). The second kappa shape index (κ2) is 19.6. The molecule has 1 aromatic heterocycles. The van der Waals surface area contributed by atoms with Crippen molar-refractivity contribution in [2.45, 2.75) is 103 Å². The first-order chi connectivity index (χ1) is 26.1. The number of H-pyrrole nitrogens is 1. The van der Waals surface area contributed by atoms with E-state index < -0.39 is 89.4 Å². The highest BCUT2D eigenvalue weighted by atomic mass is 16.2. The molecule has 1 saturated heterocycles. The average Bonchev–Trinajstić information content (AvgIpc) is 3.55. The Hall–Kier alpha value is -5.73. The van der Waals surface area contributed by atoms with E-state index in [1.54, 1.807) is 58.2 Å². The van der Waals surface area contributed by atoms with Crippen molar-refractivity contribution in [2.75, 3.05) is 6.54 Å². The number of amides is 7. The number of hydrogen-bond donors (Lipinski definition) is 8. The van der Waals surface area contributed by atoms with Gasteiger partial charge in [-0.1, -0.05) is 76.2 Å². The minimum absolute atomic E-state index is 0.0121. The zero-order valence-electron chi connectivity index (χ0n) is 32.3. The highest BCUT2D eigenvalue weighted by Gasteiger charge is 2.34. The second-order valence-corrected chi connectivity index (χ2v) is 14.8. The van der Waals surface area contributed by atoms with Gasteiger partial charge in [0.05, 0.1) is 0 Å². The van der Waals surface area contributed by atoms with Crippen LogP contribution in [0.1, 0.15) is 65.5 Å². The van der Waals surface area contributed by atoms with Crippen molar-refractivity contribution in [3.63, 3.8) is 0 Å². The number of benzene rings is 2. The molecule has 6 atom stereocenters. The lowest BCUT2D eigenvalue weighted by Crippen LogP contribution is -2.61. The summed E-state index contributed by atoms with van der Waals surface area (Å²) in [6.45, 7) is 10.0. The standard InChI is InChI=1S/C40H54N8O7/c1-22(2)33-39(54)44-25(6)35(50)45-31(20-27-21-42-29-16-11-10-15-28(27)29)37(52)41-18-12-17-32(49)43-24(5)36(51)47-34(23(3)4)40(55)46-30(38(53)48-33)19-26-13-8-7-9-14-26/h7-11,13-16,21-25,30-31,33-34,42H,12,17-20H2,1-6H3,(H,41,52)(H,43,49)(H,44,54)(H,45,50)(H,46,55)(H,47,51)(H,48,53)/t24-,25-,30-,31-,33-,34+/m0/s1. The number of aromatic amines is 1. The number of hydrogen-bond acceptors (Lipinski definition) is 7. The van der Waals surface area contributed by atoms with Gasteiger partial charge in [0.15, 0.2) is 0 Å². The number of nitrogens with one attached hydrogen (secondary N) is 8. The molecule has 2 aromatic carbocycles. The minimum Gasteiger partial charge on any atom is -0.361 e. The van der Waals surface area contributed by atoms with Gasteiger partial charge in [-0.05, 0) is 49.3 Å². The molecule has 0 spiro atoms. The number of fused-ring (bicyclic) bond motifs is 1. The molecule has 8 N–H and O–H groups in total. The van der Waals surface area contributed by atoms with Gasteiger partial charge >= 0.3 is 0 Å². The predicted octanol–water partition coefficient (Wildman–Crippen LogP) is 1.12. The van der Waals surface area contributed by atoms with Crippen LogP contribution in [-0.2, 0) is 46.4 Å². The maximum atomic E-state index is 13.9. The van der Waals surface area contributed by atoms with Crippen LogP contribution in [0, 0.1) is 11.8 Å². The SMILES string of the molecule is CC(C)[C@@H]1NC(=O)[C@H](Cc2ccccc2)NC(=O)[C@@H](C(C)C)NC(=O)[C@H](C)NC(=O)CCCNC(=O)[C@H](Cc2c[nH]c3ccccc23)NC(=O)[C@H](C)NC1=O. The molecule has 7 amide bonds. The largest absolute Gasteiger partial charge is 0.361 e. The molecule has 0 saturated carbocycles. The van der Waals surface area contributed by atoms with E-state index in [0.29, 0.717) is 0 Å². The van der Waals surface area contributed by atoms with E-state index in [1.165, 1.54) is 13.8 Å². The fourth-order valence-corrected chi connectivity index (χ4v) is 6.28. The van der Waals surface area contributed by atoms with Gasteiger partial charge in [-0.15, -0.1) is 0 Å². The number of aromatic nitrogens is 1. The van der Waals surface area contributed by atoms with Crippen molar-refractivity contribution in [2.24, 2.45) is 11.8 Å². The van der Waals surface area contributed by atoms with Crippen molar-refractivity contribution in [3.05, 3.63) is 71.9 Å². The summed E-state index contributed by atoms with van der Waals surface area (Å²) < 4.78 is 0. The van der Waals surface area contributed by atoms with Crippen LogP contribution >= 0.6 is 0 Å². The van der Waals surface area contributed by atoms with E-state index in [1.807, 2.05) is 30.3 Å². The zero-order valence-corrected chi connectivity index (χ0v) is 32.3. The van der Waals surface area contributed by atoms with Gasteiger partial charge < -0.3 is 42.2 Å². The summed E-state index contributed by atoms with van der Waals surface area (Å²) in [7, 11) is 0. The molecule has 15 heteroatoms. The molecular weight excluding hydrogens is 704 g/mol. The molecule has 3 aromatic rings. The van der Waals surface area contributed by atoms with E-state index in [0.717, 1.165) is 22.0 Å². The summed E-state index contributed by atoms with van der Waals surface area (Å²) >= 11 is 0. The van der Waals surface area contributed by atoms with Gasteiger partial charge in [0, 0.05) is 42.9 Å². The molecule has 1 aliphatic rings. The highest BCUT2D eigenvalue weighted by molar-refractivity contribution is 5.97. The lowest BCUT2D eigenvalue weighted by molar-refractivity contribution is -0.136. The predicted molar refractivity (Wildman–Crippen MR) is 207 cm³/mol. The monoisotopic (exact) mass is 758 g/mol. The van der Waals surface area contributed by atoms with Crippen LogP contribution in [0.15, 0.2) is 60.8 Å². The molecular formula is C40H54N8O7. The number of carbonyl (C=O) groups excluding carboxylic acids is 7. The molecule has 1 aliphatic heterocycles. The molecule has 0 radical (unpaired) electrons. The Morgan fingerprint density at radius 3 is 1.80 bits per heavy atom. The Kier molecular flexibility index (Phi) is 14.9. The summed E-state index contributed by atoms with van der Waals surface area (Å²) in [6.07, 6.45) is 2.21. The van der Waals surface area contributed by atoms with Crippen LogP contribution in [0.4, 0.5) is 0 Å². The molecule has 296 valence electrons. The Morgan fingerprint density at radius 1 is 0.582 bits per heavy atom. The molecule has 0 aliphatic carbocycles. The van der Waals surface area contributed by atoms with Gasteiger partial charge in [0.1, 0.15) is 36.3 Å². The maximum Gasteiger partial charge on any atom is 0.243 e. The lowest BCUT2D eigenvalue weighted by Gasteiger charge is -2.29. The van der Waals surface area contributed by atoms with Crippen LogP contribution in [0.2, 0.25) is 0 Å². The maximum absolute atomic E-state index is 13.9. The molecule has 0 bridgehead atoms. The number of rotatable bonds is 6. The number of para-hydroxylation sites is 1. The first-order valence-corrected chi connectivity index (χ1v) is 18.8. The first kappa shape index (κ1) is 42.0. The minimum atomic E-state index is -1.15. The quantitative estimate of drug-likeness (QED) is 0.183. The first-order valence-electron chi connectivity index (χ1n) is 18.8. The van der Waals surface area contributed by atoms with Crippen LogP contribution < -0.4 is 37.2 Å².